The van der Waals surface area contributed by atoms with Crippen molar-refractivity contribution in [1.29, 1.82) is 0 Å². The molecule has 2 aromatic rings. The van der Waals surface area contributed by atoms with Crippen molar-refractivity contribution in [3.05, 3.63) is 48.0 Å². The van der Waals surface area contributed by atoms with Gasteiger partial charge in [-0.25, -0.2) is 17.9 Å². The van der Waals surface area contributed by atoms with Crippen molar-refractivity contribution in [2.75, 3.05) is 19.8 Å². The molecule has 12 heteroatoms. The van der Waals surface area contributed by atoms with Gasteiger partial charge in [0, 0.05) is 16.7 Å². The number of carbonyl (C=O) groups is 1. The van der Waals surface area contributed by atoms with E-state index >= 15 is 0 Å². The Balaban J connectivity index is 1.96. The van der Waals surface area contributed by atoms with Gasteiger partial charge in [-0.1, -0.05) is 6.92 Å². The molecule has 0 aliphatic carbocycles. The minimum atomic E-state index is -4.85. The molecule has 2 aromatic carbocycles. The number of sulfonamides is 1. The zero-order chi connectivity index (χ0) is 25.4. The Morgan fingerprint density at radius 1 is 1.12 bits per heavy atom. The smallest absolute Gasteiger partial charge is 0.482 e. The Labute approximate surface area is 201 Å². The maximum atomic E-state index is 12.5. The van der Waals surface area contributed by atoms with Crippen LogP contribution in [0.15, 0.2) is 52.3 Å². The molecule has 188 valence electrons. The maximum absolute atomic E-state index is 12.5. The first-order chi connectivity index (χ1) is 15.9. The number of nitrogens with one attached hydrogen (secondary N) is 1. The summed E-state index contributed by atoms with van der Waals surface area (Å²) >= 11 is 1.47. The standard InChI is InChI=1S/C22H26F3NO6S2/c1-4-17(33-18-8-11-20(15(3)12-18)31-14-21(27)30-5-2)13-26-34(28,29)19-9-6-16(7-10-19)32-22(23,24)25/h6-12,17,26H,4-5,13-14H2,1-3H3. The predicted molar refractivity (Wildman–Crippen MR) is 122 cm³/mol. The number of hydrogen-bond acceptors (Lipinski definition) is 7. The van der Waals surface area contributed by atoms with E-state index in [1.165, 1.54) is 11.8 Å². The molecule has 0 heterocycles. The molecule has 0 spiro atoms. The van der Waals surface area contributed by atoms with Gasteiger partial charge >= 0.3 is 12.3 Å². The number of benzene rings is 2. The second-order valence-electron chi connectivity index (χ2n) is 7.04. The van der Waals surface area contributed by atoms with Crippen molar-refractivity contribution in [3.63, 3.8) is 0 Å². The van der Waals surface area contributed by atoms with Gasteiger partial charge in [-0.05, 0) is 68.3 Å². The van der Waals surface area contributed by atoms with Crippen LogP contribution in [-0.4, -0.2) is 45.8 Å². The summed E-state index contributed by atoms with van der Waals surface area (Å²) in [5.41, 5.74) is 0.811. The molecule has 1 unspecified atom stereocenters. The Bertz CT molecular complexity index is 1060. The summed E-state index contributed by atoms with van der Waals surface area (Å²) in [5.74, 6) is -0.413. The number of alkyl halides is 3. The average Bonchev–Trinajstić information content (AvgIpc) is 2.75. The van der Waals surface area contributed by atoms with Crippen LogP contribution < -0.4 is 14.2 Å². The minimum absolute atomic E-state index is 0.103. The number of halogens is 3. The quantitative estimate of drug-likeness (QED) is 0.320. The number of esters is 1. The number of hydrogen-bond donors (Lipinski definition) is 1. The molecule has 0 bridgehead atoms. The van der Waals surface area contributed by atoms with E-state index in [0.717, 1.165) is 34.7 Å². The van der Waals surface area contributed by atoms with Crippen LogP contribution in [0.1, 0.15) is 25.8 Å². The van der Waals surface area contributed by atoms with Crippen LogP contribution >= 0.6 is 11.8 Å². The summed E-state index contributed by atoms with van der Waals surface area (Å²) in [6, 6.07) is 9.42. The van der Waals surface area contributed by atoms with Crippen LogP contribution in [0.4, 0.5) is 13.2 Å². The summed E-state index contributed by atoms with van der Waals surface area (Å²) in [7, 11) is -3.92. The summed E-state index contributed by atoms with van der Waals surface area (Å²) in [6.07, 6.45) is -4.19. The van der Waals surface area contributed by atoms with Gasteiger partial charge in [-0.3, -0.25) is 0 Å². The number of carbonyl (C=O) groups excluding carboxylic acids is 1. The third-order valence-corrected chi connectivity index (χ3v) is 7.22. The van der Waals surface area contributed by atoms with E-state index in [9.17, 15) is 26.4 Å². The molecule has 0 amide bonds. The second-order valence-corrected chi connectivity index (χ2v) is 10.2. The monoisotopic (exact) mass is 521 g/mol. The fraction of sp³-hybridized carbons (Fsp3) is 0.409. The molecule has 0 radical (unpaired) electrons. The van der Waals surface area contributed by atoms with E-state index in [1.807, 2.05) is 26.0 Å². The van der Waals surface area contributed by atoms with Crippen molar-refractivity contribution in [2.24, 2.45) is 0 Å². The van der Waals surface area contributed by atoms with Gasteiger partial charge in [-0.15, -0.1) is 24.9 Å². The summed E-state index contributed by atoms with van der Waals surface area (Å²) in [5, 5.41) is -0.103. The Morgan fingerprint density at radius 2 is 1.79 bits per heavy atom. The first-order valence-corrected chi connectivity index (χ1v) is 12.7. The van der Waals surface area contributed by atoms with Crippen LogP contribution in [-0.2, 0) is 19.6 Å². The highest BCUT2D eigenvalue weighted by atomic mass is 32.2. The lowest BCUT2D eigenvalue weighted by Crippen LogP contribution is -2.30. The fourth-order valence-corrected chi connectivity index (χ4v) is 5.06. The Kier molecular flexibility index (Phi) is 10.1. The molecule has 1 N–H and O–H groups in total. The summed E-state index contributed by atoms with van der Waals surface area (Å²) in [6.45, 7) is 5.66. The highest BCUT2D eigenvalue weighted by molar-refractivity contribution is 8.00. The number of ether oxygens (including phenoxy) is 3. The van der Waals surface area contributed by atoms with Gasteiger partial charge in [0.15, 0.2) is 6.61 Å². The lowest BCUT2D eigenvalue weighted by Gasteiger charge is -2.17. The number of thioether (sulfide) groups is 1. The molecular formula is C22H26F3NO6S2. The molecular weight excluding hydrogens is 495 g/mol. The zero-order valence-corrected chi connectivity index (χ0v) is 20.5. The second kappa shape index (κ2) is 12.3. The van der Waals surface area contributed by atoms with Gasteiger partial charge in [0.2, 0.25) is 10.0 Å². The molecule has 2 rings (SSSR count). The molecule has 0 aliphatic heterocycles. The van der Waals surface area contributed by atoms with Crippen molar-refractivity contribution in [1.82, 2.24) is 4.72 Å². The van der Waals surface area contributed by atoms with E-state index in [0.29, 0.717) is 12.2 Å². The summed E-state index contributed by atoms with van der Waals surface area (Å²) in [4.78, 5) is 12.2. The van der Waals surface area contributed by atoms with Crippen LogP contribution in [0.2, 0.25) is 0 Å². The fourth-order valence-electron chi connectivity index (χ4n) is 2.76. The van der Waals surface area contributed by atoms with E-state index in [4.69, 9.17) is 9.47 Å². The molecule has 0 saturated heterocycles. The molecule has 0 saturated carbocycles. The first kappa shape index (κ1) is 27.8. The maximum Gasteiger partial charge on any atom is 0.573 e. The van der Waals surface area contributed by atoms with E-state index in [1.54, 1.807) is 13.0 Å². The Hall–Kier alpha value is -2.44. The largest absolute Gasteiger partial charge is 0.573 e. The molecule has 34 heavy (non-hydrogen) atoms. The number of rotatable bonds is 12. The van der Waals surface area contributed by atoms with Gasteiger partial charge in [0.1, 0.15) is 11.5 Å². The van der Waals surface area contributed by atoms with Crippen LogP contribution in [0.3, 0.4) is 0 Å². The number of aryl methyl sites for hydroxylation is 1. The van der Waals surface area contributed by atoms with Gasteiger partial charge < -0.3 is 14.2 Å². The third-order valence-electron chi connectivity index (χ3n) is 4.42. The molecule has 1 atom stereocenters. The van der Waals surface area contributed by atoms with Gasteiger partial charge in [0.25, 0.3) is 0 Å². The van der Waals surface area contributed by atoms with Crippen LogP contribution in [0.25, 0.3) is 0 Å². The first-order valence-electron chi connectivity index (χ1n) is 10.3. The van der Waals surface area contributed by atoms with Crippen LogP contribution in [0.5, 0.6) is 11.5 Å². The highest BCUT2D eigenvalue weighted by Gasteiger charge is 2.31. The average molecular weight is 522 g/mol. The van der Waals surface area contributed by atoms with Crippen molar-refractivity contribution < 1.29 is 40.6 Å². The zero-order valence-electron chi connectivity index (χ0n) is 18.8. The minimum Gasteiger partial charge on any atom is -0.482 e. The molecule has 7 nitrogen and oxygen atoms in total. The molecule has 0 aliphatic rings. The van der Waals surface area contributed by atoms with E-state index in [2.05, 4.69) is 9.46 Å². The van der Waals surface area contributed by atoms with E-state index < -0.39 is 28.1 Å². The SMILES string of the molecule is CCOC(=O)COc1ccc(SC(CC)CNS(=O)(=O)c2ccc(OC(F)(F)F)cc2)cc1C. The molecule has 0 fully saturated rings. The van der Waals surface area contributed by atoms with E-state index in [-0.39, 0.29) is 29.9 Å². The van der Waals surface area contributed by atoms with Gasteiger partial charge in [0.05, 0.1) is 11.5 Å². The summed E-state index contributed by atoms with van der Waals surface area (Å²) < 4.78 is 78.4. The van der Waals surface area contributed by atoms with Crippen molar-refractivity contribution >= 4 is 27.8 Å². The highest BCUT2D eigenvalue weighted by Crippen LogP contribution is 2.30. The Morgan fingerprint density at radius 3 is 2.35 bits per heavy atom. The lowest BCUT2D eigenvalue weighted by molar-refractivity contribution is -0.274. The lowest BCUT2D eigenvalue weighted by atomic mass is 10.2. The topological polar surface area (TPSA) is 90.9 Å². The van der Waals surface area contributed by atoms with Gasteiger partial charge in [-0.2, -0.15) is 0 Å². The van der Waals surface area contributed by atoms with Crippen molar-refractivity contribution in [3.8, 4) is 11.5 Å². The van der Waals surface area contributed by atoms with Crippen molar-refractivity contribution in [2.45, 2.75) is 48.6 Å². The third kappa shape index (κ3) is 9.07. The molecule has 0 aromatic heterocycles. The van der Waals surface area contributed by atoms with Crippen LogP contribution in [0, 0.1) is 6.92 Å². The normalized spacial score (nSPS) is 12.8. The predicted octanol–water partition coefficient (Wildman–Crippen LogP) is 4.68.